The first-order valence-electron chi connectivity index (χ1n) is 11.6. The van der Waals surface area contributed by atoms with Gasteiger partial charge in [-0.2, -0.15) is 0 Å². The molecule has 1 aromatic rings. The molecule has 2 unspecified atom stereocenters. The normalized spacial score (nSPS) is 15.3. The quantitative estimate of drug-likeness (QED) is 0.120. The topological polar surface area (TPSA) is 72.5 Å². The van der Waals surface area contributed by atoms with Crippen LogP contribution in [0, 0.1) is 11.8 Å². The standard InChI is InChI=1S/C23H41O7P/c1-6-10-12-20(8-3)18-26-29-31(24,28-23-16-14-22(25-5)15-17-23)30-27-19-21(9-4)13-11-7-2/h14-17,20-21H,6-13,18-19H2,1-5H3. The van der Waals surface area contributed by atoms with Crippen LogP contribution in [0.2, 0.25) is 0 Å². The molecule has 0 N–H and O–H groups in total. The zero-order chi connectivity index (χ0) is 23.0. The van der Waals surface area contributed by atoms with Crippen LogP contribution in [0.4, 0.5) is 0 Å². The predicted octanol–water partition coefficient (Wildman–Crippen LogP) is 7.51. The molecular weight excluding hydrogens is 419 g/mol. The minimum atomic E-state index is -4.14. The number of hydrogen-bond acceptors (Lipinski definition) is 7. The van der Waals surface area contributed by atoms with Crippen LogP contribution < -0.4 is 9.26 Å². The summed E-state index contributed by atoms with van der Waals surface area (Å²) in [7, 11) is -2.57. The van der Waals surface area contributed by atoms with Crippen LogP contribution in [0.1, 0.15) is 79.1 Å². The average molecular weight is 461 g/mol. The number of methoxy groups -OCH3 is 1. The molecule has 0 spiro atoms. The first kappa shape index (κ1) is 27.9. The predicted molar refractivity (Wildman–Crippen MR) is 122 cm³/mol. The third kappa shape index (κ3) is 11.9. The van der Waals surface area contributed by atoms with Crippen LogP contribution in [0.25, 0.3) is 0 Å². The second kappa shape index (κ2) is 16.5. The highest BCUT2D eigenvalue weighted by Crippen LogP contribution is 2.50. The zero-order valence-corrected chi connectivity index (χ0v) is 20.7. The molecule has 0 aliphatic rings. The summed E-state index contributed by atoms with van der Waals surface area (Å²) in [6, 6.07) is 6.61. The monoisotopic (exact) mass is 460 g/mol. The van der Waals surface area contributed by atoms with Gasteiger partial charge in [0.25, 0.3) is 0 Å². The number of unbranched alkanes of at least 4 members (excludes halogenated alkanes) is 2. The lowest BCUT2D eigenvalue weighted by atomic mass is 10.0. The van der Waals surface area contributed by atoms with Gasteiger partial charge in [0.2, 0.25) is 0 Å². The van der Waals surface area contributed by atoms with Crippen molar-refractivity contribution >= 4 is 7.82 Å². The SMILES string of the molecule is CCCCC(CC)COOP(=O)(OOCC(CC)CCCC)Oc1ccc(OC)cc1. The van der Waals surface area contributed by atoms with Crippen molar-refractivity contribution in [1.29, 1.82) is 0 Å². The number of phosphoric acid groups is 1. The van der Waals surface area contributed by atoms with Gasteiger partial charge in [0.1, 0.15) is 11.5 Å². The zero-order valence-electron chi connectivity index (χ0n) is 19.8. The van der Waals surface area contributed by atoms with Crippen LogP contribution in [0.5, 0.6) is 11.5 Å². The Bertz CT molecular complexity index is 582. The molecular formula is C23H41O7P. The van der Waals surface area contributed by atoms with E-state index in [1.54, 1.807) is 31.4 Å². The van der Waals surface area contributed by atoms with E-state index in [1.807, 2.05) is 0 Å². The fourth-order valence-corrected chi connectivity index (χ4v) is 3.83. The van der Waals surface area contributed by atoms with Crippen LogP contribution in [-0.2, 0) is 23.7 Å². The van der Waals surface area contributed by atoms with E-state index in [0.29, 0.717) is 36.5 Å². The molecule has 0 aliphatic carbocycles. The Labute approximate surface area is 188 Å². The van der Waals surface area contributed by atoms with Crippen molar-refractivity contribution in [2.24, 2.45) is 11.8 Å². The van der Waals surface area contributed by atoms with Gasteiger partial charge >= 0.3 is 7.82 Å². The largest absolute Gasteiger partial charge is 0.585 e. The summed E-state index contributed by atoms with van der Waals surface area (Å²) in [6.07, 6.45) is 8.38. The van der Waals surface area contributed by atoms with Gasteiger partial charge in [0.05, 0.1) is 20.3 Å². The molecule has 1 rings (SSSR count). The van der Waals surface area contributed by atoms with Crippen molar-refractivity contribution in [2.45, 2.75) is 79.1 Å². The molecule has 0 aromatic heterocycles. The molecule has 0 radical (unpaired) electrons. The van der Waals surface area contributed by atoms with Gasteiger partial charge in [-0.1, -0.05) is 66.2 Å². The summed E-state index contributed by atoms with van der Waals surface area (Å²) in [5, 5.41) is 0. The maximum Gasteiger partial charge on any atom is 0.585 e. The van der Waals surface area contributed by atoms with Crippen LogP contribution in [-0.4, -0.2) is 20.3 Å². The third-order valence-electron chi connectivity index (χ3n) is 5.26. The molecule has 2 atom stereocenters. The number of rotatable bonds is 19. The molecule has 31 heavy (non-hydrogen) atoms. The maximum atomic E-state index is 13.2. The lowest BCUT2D eigenvalue weighted by Gasteiger charge is -2.20. The first-order chi connectivity index (χ1) is 15.0. The molecule has 0 aliphatic heterocycles. The summed E-state index contributed by atoms with van der Waals surface area (Å²) >= 11 is 0. The third-order valence-corrected chi connectivity index (χ3v) is 6.27. The fourth-order valence-electron chi connectivity index (χ4n) is 2.99. The minimum absolute atomic E-state index is 0.299. The highest BCUT2D eigenvalue weighted by molar-refractivity contribution is 7.48. The van der Waals surface area contributed by atoms with E-state index in [-0.39, 0.29) is 0 Å². The van der Waals surface area contributed by atoms with Crippen molar-refractivity contribution in [1.82, 2.24) is 0 Å². The number of benzene rings is 1. The Kier molecular flexibility index (Phi) is 14.9. The molecule has 180 valence electrons. The molecule has 0 saturated heterocycles. The van der Waals surface area contributed by atoms with Crippen LogP contribution >= 0.6 is 7.82 Å². The summed E-state index contributed by atoms with van der Waals surface area (Å²) < 4.78 is 34.1. The van der Waals surface area contributed by atoms with E-state index in [0.717, 1.165) is 51.4 Å². The van der Waals surface area contributed by atoms with Gasteiger partial charge < -0.3 is 9.26 Å². The highest BCUT2D eigenvalue weighted by atomic mass is 31.2. The lowest BCUT2D eigenvalue weighted by molar-refractivity contribution is -0.285. The number of ether oxygens (including phenoxy) is 1. The van der Waals surface area contributed by atoms with Gasteiger partial charge in [-0.25, -0.2) is 14.3 Å². The molecule has 0 fully saturated rings. The second-order valence-corrected chi connectivity index (χ2v) is 9.14. The Balaban J connectivity index is 2.71. The van der Waals surface area contributed by atoms with Gasteiger partial charge in [-0.05, 0) is 48.9 Å². The molecule has 8 heteroatoms. The molecule has 0 saturated carbocycles. The van der Waals surface area contributed by atoms with E-state index in [4.69, 9.17) is 28.4 Å². The second-order valence-electron chi connectivity index (χ2n) is 7.77. The van der Waals surface area contributed by atoms with Gasteiger partial charge in [-0.3, -0.25) is 0 Å². The summed E-state index contributed by atoms with van der Waals surface area (Å²) in [4.78, 5) is 10.6. The maximum absolute atomic E-state index is 13.2. The molecule has 0 amide bonds. The molecule has 0 bridgehead atoms. The number of hydrogen-bond donors (Lipinski definition) is 0. The van der Waals surface area contributed by atoms with E-state index >= 15 is 0 Å². The van der Waals surface area contributed by atoms with Crippen LogP contribution in [0.15, 0.2) is 24.3 Å². The Morgan fingerprint density at radius 3 is 1.61 bits per heavy atom. The molecule has 1 aromatic carbocycles. The average Bonchev–Trinajstić information content (AvgIpc) is 2.79. The highest BCUT2D eigenvalue weighted by Gasteiger charge is 2.33. The minimum Gasteiger partial charge on any atom is -0.497 e. The Morgan fingerprint density at radius 1 is 0.774 bits per heavy atom. The lowest BCUT2D eigenvalue weighted by Crippen LogP contribution is -2.13. The first-order valence-corrected chi connectivity index (χ1v) is 13.0. The van der Waals surface area contributed by atoms with Gasteiger partial charge in [-0.15, -0.1) is 9.35 Å². The fraction of sp³-hybridized carbons (Fsp3) is 0.739. The Morgan fingerprint density at radius 2 is 1.23 bits per heavy atom. The summed E-state index contributed by atoms with van der Waals surface area (Å²) in [6.45, 7) is 9.11. The van der Waals surface area contributed by atoms with Crippen molar-refractivity contribution < 1.29 is 32.9 Å². The van der Waals surface area contributed by atoms with E-state index < -0.39 is 7.82 Å². The molecule has 7 nitrogen and oxygen atoms in total. The van der Waals surface area contributed by atoms with Crippen LogP contribution in [0.3, 0.4) is 0 Å². The Hall–Kier alpha value is -1.11. The van der Waals surface area contributed by atoms with Crippen molar-refractivity contribution in [2.75, 3.05) is 20.3 Å². The van der Waals surface area contributed by atoms with Gasteiger partial charge in [0.15, 0.2) is 0 Å². The van der Waals surface area contributed by atoms with E-state index in [9.17, 15) is 4.57 Å². The van der Waals surface area contributed by atoms with Crippen molar-refractivity contribution in [3.63, 3.8) is 0 Å². The smallest absolute Gasteiger partial charge is 0.497 e. The van der Waals surface area contributed by atoms with E-state index in [1.165, 1.54) is 0 Å². The van der Waals surface area contributed by atoms with Gasteiger partial charge in [0, 0.05) is 0 Å². The summed E-state index contributed by atoms with van der Waals surface area (Å²) in [5.41, 5.74) is 0. The molecule has 0 heterocycles. The van der Waals surface area contributed by atoms with Crippen molar-refractivity contribution in [3.05, 3.63) is 24.3 Å². The van der Waals surface area contributed by atoms with E-state index in [2.05, 4.69) is 27.7 Å². The summed E-state index contributed by atoms with van der Waals surface area (Å²) in [5.74, 6) is 1.58. The van der Waals surface area contributed by atoms with Crippen molar-refractivity contribution in [3.8, 4) is 11.5 Å².